The number of pyridine rings is 1. The first-order chi connectivity index (χ1) is 11.9. The second kappa shape index (κ2) is 6.84. The highest BCUT2D eigenvalue weighted by atomic mass is 16.4. The highest BCUT2D eigenvalue weighted by Crippen LogP contribution is 2.21. The number of nitrogens with one attached hydrogen (secondary N) is 1. The van der Waals surface area contributed by atoms with E-state index in [1.165, 1.54) is 0 Å². The quantitative estimate of drug-likeness (QED) is 0.746. The topological polar surface area (TPSA) is 80.2 Å². The lowest BCUT2D eigenvalue weighted by atomic mass is 10.1. The van der Waals surface area contributed by atoms with Crippen LogP contribution in [-0.4, -0.2) is 39.7 Å². The molecular formula is C17H19N5O2. The Kier molecular flexibility index (Phi) is 4.24. The summed E-state index contributed by atoms with van der Waals surface area (Å²) in [6, 6.07) is 9.51. The minimum absolute atomic E-state index is 0.433. The van der Waals surface area contributed by atoms with E-state index in [0.29, 0.717) is 30.0 Å². The van der Waals surface area contributed by atoms with Gasteiger partial charge in [-0.25, -0.2) is 4.98 Å². The van der Waals surface area contributed by atoms with Crippen molar-refractivity contribution in [3.63, 3.8) is 0 Å². The van der Waals surface area contributed by atoms with E-state index in [0.717, 1.165) is 31.9 Å². The maximum absolute atomic E-state index is 5.67. The van der Waals surface area contributed by atoms with Crippen molar-refractivity contribution in [3.05, 3.63) is 48.7 Å². The van der Waals surface area contributed by atoms with Crippen LogP contribution in [0, 0.1) is 5.92 Å². The summed E-state index contributed by atoms with van der Waals surface area (Å²) in [5.74, 6) is 3.19. The van der Waals surface area contributed by atoms with Gasteiger partial charge in [0.1, 0.15) is 5.82 Å². The third kappa shape index (κ3) is 3.46. The van der Waals surface area contributed by atoms with Gasteiger partial charge in [0, 0.05) is 19.3 Å². The SMILES string of the molecule is c1ccc(NC[C@H]2CCN(Cc3nnc(-c4ccco4)o3)C2)nc1. The minimum atomic E-state index is 0.433. The fraction of sp³-hybridized carbons (Fsp3) is 0.353. The second-order valence-corrected chi connectivity index (χ2v) is 5.96. The first-order valence-corrected chi connectivity index (χ1v) is 8.10. The van der Waals surface area contributed by atoms with Crippen LogP contribution < -0.4 is 5.32 Å². The van der Waals surface area contributed by atoms with Gasteiger partial charge < -0.3 is 14.2 Å². The van der Waals surface area contributed by atoms with E-state index < -0.39 is 0 Å². The van der Waals surface area contributed by atoms with Crippen LogP contribution in [0.3, 0.4) is 0 Å². The smallest absolute Gasteiger partial charge is 0.283 e. The summed E-state index contributed by atoms with van der Waals surface area (Å²) in [4.78, 5) is 6.62. The van der Waals surface area contributed by atoms with Gasteiger partial charge >= 0.3 is 0 Å². The number of anilines is 1. The zero-order valence-corrected chi connectivity index (χ0v) is 13.3. The average Bonchev–Trinajstić information content (AvgIpc) is 3.36. The molecule has 1 fully saturated rings. The lowest BCUT2D eigenvalue weighted by Gasteiger charge is -2.14. The molecular weight excluding hydrogens is 306 g/mol. The highest BCUT2D eigenvalue weighted by molar-refractivity contribution is 5.42. The molecule has 0 unspecified atom stereocenters. The number of hydrogen-bond donors (Lipinski definition) is 1. The van der Waals surface area contributed by atoms with Gasteiger partial charge in [-0.2, -0.15) is 0 Å². The summed E-state index contributed by atoms with van der Waals surface area (Å²) in [7, 11) is 0. The van der Waals surface area contributed by atoms with Crippen LogP contribution >= 0.6 is 0 Å². The largest absolute Gasteiger partial charge is 0.459 e. The van der Waals surface area contributed by atoms with Gasteiger partial charge in [0.25, 0.3) is 5.89 Å². The van der Waals surface area contributed by atoms with Gasteiger partial charge in [0.2, 0.25) is 5.89 Å². The lowest BCUT2D eigenvalue weighted by molar-refractivity contribution is 0.282. The minimum Gasteiger partial charge on any atom is -0.459 e. The maximum atomic E-state index is 5.67. The molecule has 24 heavy (non-hydrogen) atoms. The van der Waals surface area contributed by atoms with Crippen molar-refractivity contribution in [3.8, 4) is 11.7 Å². The zero-order chi connectivity index (χ0) is 16.2. The molecule has 0 amide bonds. The number of likely N-dealkylation sites (tertiary alicyclic amines) is 1. The summed E-state index contributed by atoms with van der Waals surface area (Å²) in [5, 5.41) is 11.5. The van der Waals surface area contributed by atoms with E-state index in [1.54, 1.807) is 18.5 Å². The van der Waals surface area contributed by atoms with Crippen LogP contribution in [0.25, 0.3) is 11.7 Å². The van der Waals surface area contributed by atoms with E-state index >= 15 is 0 Å². The molecule has 0 aromatic carbocycles. The number of furan rings is 1. The molecule has 0 spiro atoms. The Morgan fingerprint density at radius 2 is 2.21 bits per heavy atom. The van der Waals surface area contributed by atoms with Crippen molar-refractivity contribution in [2.45, 2.75) is 13.0 Å². The fourth-order valence-electron chi connectivity index (χ4n) is 2.95. The predicted octanol–water partition coefficient (Wildman–Crippen LogP) is 2.66. The average molecular weight is 325 g/mol. The number of hydrogen-bond acceptors (Lipinski definition) is 7. The molecule has 0 aliphatic carbocycles. The Hall–Kier alpha value is -2.67. The fourth-order valence-corrected chi connectivity index (χ4v) is 2.95. The Morgan fingerprint density at radius 3 is 3.04 bits per heavy atom. The zero-order valence-electron chi connectivity index (χ0n) is 13.3. The first kappa shape index (κ1) is 14.9. The molecule has 1 aliphatic heterocycles. The summed E-state index contributed by atoms with van der Waals surface area (Å²) in [5.41, 5.74) is 0. The molecule has 1 atom stereocenters. The molecule has 4 rings (SSSR count). The van der Waals surface area contributed by atoms with Crippen LogP contribution in [-0.2, 0) is 6.54 Å². The summed E-state index contributed by atoms with van der Waals surface area (Å²) in [6.45, 7) is 3.65. The molecule has 0 radical (unpaired) electrons. The Balaban J connectivity index is 1.28. The second-order valence-electron chi connectivity index (χ2n) is 5.96. The molecule has 3 aromatic heterocycles. The normalized spacial score (nSPS) is 18.1. The van der Waals surface area contributed by atoms with Gasteiger partial charge in [0.05, 0.1) is 12.8 Å². The van der Waals surface area contributed by atoms with Crippen LogP contribution in [0.1, 0.15) is 12.3 Å². The van der Waals surface area contributed by atoms with Crippen molar-refractivity contribution in [2.24, 2.45) is 5.92 Å². The van der Waals surface area contributed by atoms with Crippen LogP contribution in [0.4, 0.5) is 5.82 Å². The van der Waals surface area contributed by atoms with E-state index in [9.17, 15) is 0 Å². The maximum Gasteiger partial charge on any atom is 0.283 e. The monoisotopic (exact) mass is 325 g/mol. The molecule has 0 saturated carbocycles. The first-order valence-electron chi connectivity index (χ1n) is 8.10. The van der Waals surface area contributed by atoms with Crippen molar-refractivity contribution in [1.82, 2.24) is 20.1 Å². The third-order valence-corrected chi connectivity index (χ3v) is 4.16. The van der Waals surface area contributed by atoms with Gasteiger partial charge in [-0.15, -0.1) is 10.2 Å². The van der Waals surface area contributed by atoms with Crippen LogP contribution in [0.2, 0.25) is 0 Å². The molecule has 7 nitrogen and oxygen atoms in total. The summed E-state index contributed by atoms with van der Waals surface area (Å²) < 4.78 is 10.9. The van der Waals surface area contributed by atoms with Crippen molar-refractivity contribution >= 4 is 5.82 Å². The molecule has 1 saturated heterocycles. The van der Waals surface area contributed by atoms with Gasteiger partial charge in [0.15, 0.2) is 5.76 Å². The van der Waals surface area contributed by atoms with Crippen molar-refractivity contribution in [2.75, 3.05) is 25.0 Å². The Morgan fingerprint density at radius 1 is 1.21 bits per heavy atom. The lowest BCUT2D eigenvalue weighted by Crippen LogP contribution is -2.23. The summed E-state index contributed by atoms with van der Waals surface area (Å²) >= 11 is 0. The van der Waals surface area contributed by atoms with E-state index in [2.05, 4.69) is 25.4 Å². The van der Waals surface area contributed by atoms with Crippen LogP contribution in [0.15, 0.2) is 51.6 Å². The molecule has 1 aliphatic rings. The number of aromatic nitrogens is 3. The van der Waals surface area contributed by atoms with Gasteiger partial charge in [-0.3, -0.25) is 4.90 Å². The highest BCUT2D eigenvalue weighted by Gasteiger charge is 2.24. The summed E-state index contributed by atoms with van der Waals surface area (Å²) in [6.07, 6.45) is 4.55. The third-order valence-electron chi connectivity index (χ3n) is 4.16. The number of rotatable bonds is 6. The van der Waals surface area contributed by atoms with Gasteiger partial charge in [-0.1, -0.05) is 6.07 Å². The molecule has 3 aromatic rings. The number of nitrogens with zero attached hydrogens (tertiary/aromatic N) is 4. The molecule has 7 heteroatoms. The van der Waals surface area contributed by atoms with Gasteiger partial charge in [-0.05, 0) is 43.1 Å². The molecule has 0 bridgehead atoms. The van der Waals surface area contributed by atoms with E-state index in [4.69, 9.17) is 8.83 Å². The van der Waals surface area contributed by atoms with Crippen LogP contribution in [0.5, 0.6) is 0 Å². The standard InChI is InChI=1S/C17H19N5O2/c1-2-7-18-15(5-1)19-10-13-6-8-22(11-13)12-16-20-21-17(24-16)14-4-3-9-23-14/h1-5,7,9,13H,6,8,10-12H2,(H,18,19)/t13-/m1/s1. The Labute approximate surface area is 139 Å². The van der Waals surface area contributed by atoms with E-state index in [-0.39, 0.29) is 0 Å². The predicted molar refractivity (Wildman–Crippen MR) is 88.1 cm³/mol. The molecule has 1 N–H and O–H groups in total. The van der Waals surface area contributed by atoms with Crippen molar-refractivity contribution in [1.29, 1.82) is 0 Å². The molecule has 124 valence electrons. The Bertz CT molecular complexity index is 756. The van der Waals surface area contributed by atoms with E-state index in [1.807, 2.05) is 24.3 Å². The molecule has 4 heterocycles. The van der Waals surface area contributed by atoms with Crippen molar-refractivity contribution < 1.29 is 8.83 Å².